The summed E-state index contributed by atoms with van der Waals surface area (Å²) in [7, 11) is 0. The maximum Gasteiger partial charge on any atom is 0.0718 e. The lowest BCUT2D eigenvalue weighted by atomic mass is 10.1. The molecule has 1 N–H and O–H groups in total. The van der Waals surface area contributed by atoms with Crippen LogP contribution in [0.1, 0.15) is 34.1 Å². The second kappa shape index (κ2) is 3.35. The number of likely N-dealkylation sites (tertiary alicyclic amines) is 1. The summed E-state index contributed by atoms with van der Waals surface area (Å²) >= 11 is 0. The highest BCUT2D eigenvalue weighted by Crippen LogP contribution is 2.23. The van der Waals surface area contributed by atoms with Gasteiger partial charge in [0, 0.05) is 19.1 Å². The van der Waals surface area contributed by atoms with E-state index in [2.05, 4.69) is 18.7 Å². The molecule has 1 heterocycles. The molecular weight excluding hydrogens is 150 g/mol. The molecule has 72 valence electrons. The Morgan fingerprint density at radius 1 is 1.42 bits per heavy atom. The van der Waals surface area contributed by atoms with Crippen LogP contribution in [-0.4, -0.2) is 34.7 Å². The Kier molecular flexibility index (Phi) is 2.79. The molecule has 0 bridgehead atoms. The molecule has 2 nitrogen and oxygen atoms in total. The normalized spacial score (nSPS) is 32.8. The van der Waals surface area contributed by atoms with Gasteiger partial charge in [-0.25, -0.2) is 0 Å². The van der Waals surface area contributed by atoms with Crippen LogP contribution < -0.4 is 0 Å². The smallest absolute Gasteiger partial charge is 0.0718 e. The van der Waals surface area contributed by atoms with Crippen LogP contribution in [0.4, 0.5) is 0 Å². The summed E-state index contributed by atoms with van der Waals surface area (Å²) < 4.78 is 0. The lowest BCUT2D eigenvalue weighted by Crippen LogP contribution is -2.40. The minimum atomic E-state index is -0.543. The van der Waals surface area contributed by atoms with Crippen LogP contribution in [0.5, 0.6) is 0 Å². The third-order valence-corrected chi connectivity index (χ3v) is 2.50. The summed E-state index contributed by atoms with van der Waals surface area (Å²) in [6, 6.07) is 0.645. The zero-order chi connectivity index (χ0) is 9.35. The molecular formula is C10H21NO. The molecule has 1 aliphatic rings. The second-order valence-corrected chi connectivity index (χ2v) is 4.93. The van der Waals surface area contributed by atoms with E-state index in [4.69, 9.17) is 0 Å². The Labute approximate surface area is 75.6 Å². The van der Waals surface area contributed by atoms with Crippen LogP contribution in [0.2, 0.25) is 0 Å². The molecule has 1 fully saturated rings. The van der Waals surface area contributed by atoms with Crippen molar-refractivity contribution >= 4 is 0 Å². The van der Waals surface area contributed by atoms with E-state index in [0.29, 0.717) is 6.04 Å². The molecule has 1 saturated heterocycles. The van der Waals surface area contributed by atoms with Gasteiger partial charge in [0.1, 0.15) is 0 Å². The van der Waals surface area contributed by atoms with Gasteiger partial charge >= 0.3 is 0 Å². The summed E-state index contributed by atoms with van der Waals surface area (Å²) in [5.41, 5.74) is -0.543. The molecule has 2 atom stereocenters. The second-order valence-electron chi connectivity index (χ2n) is 4.93. The number of β-amino-alcohol motifs (C(OH)–C–C–N with tert-alkyl or cyclic N) is 1. The van der Waals surface area contributed by atoms with Gasteiger partial charge in [0.25, 0.3) is 0 Å². The maximum atomic E-state index is 9.64. The lowest BCUT2D eigenvalue weighted by molar-refractivity contribution is 0.0334. The maximum absolute atomic E-state index is 9.64. The number of hydrogen-bond acceptors (Lipinski definition) is 2. The average molecular weight is 171 g/mol. The molecule has 0 aromatic heterocycles. The summed E-state index contributed by atoms with van der Waals surface area (Å²) in [5.74, 6) is 0.794. The number of nitrogens with zero attached hydrogens (tertiary/aromatic N) is 1. The predicted molar refractivity (Wildman–Crippen MR) is 51.1 cm³/mol. The minimum absolute atomic E-state index is 0.543. The van der Waals surface area contributed by atoms with Crippen molar-refractivity contribution in [2.24, 2.45) is 5.92 Å². The van der Waals surface area contributed by atoms with Gasteiger partial charge in [0.2, 0.25) is 0 Å². The van der Waals surface area contributed by atoms with Crippen molar-refractivity contribution in [2.75, 3.05) is 13.1 Å². The van der Waals surface area contributed by atoms with E-state index < -0.39 is 5.60 Å². The zero-order valence-corrected chi connectivity index (χ0v) is 8.67. The highest BCUT2D eigenvalue weighted by atomic mass is 16.3. The summed E-state index contributed by atoms with van der Waals surface area (Å²) in [5, 5.41) is 9.64. The molecule has 0 radical (unpaired) electrons. The predicted octanol–water partition coefficient (Wildman–Crippen LogP) is 1.49. The van der Waals surface area contributed by atoms with Crippen molar-refractivity contribution < 1.29 is 5.11 Å². The van der Waals surface area contributed by atoms with Gasteiger partial charge in [-0.05, 0) is 33.1 Å². The quantitative estimate of drug-likeness (QED) is 0.680. The third kappa shape index (κ3) is 2.76. The Morgan fingerprint density at radius 3 is 2.33 bits per heavy atom. The highest BCUT2D eigenvalue weighted by Gasteiger charge is 2.29. The molecule has 0 saturated carbocycles. The molecule has 0 aliphatic carbocycles. The first kappa shape index (κ1) is 10.0. The van der Waals surface area contributed by atoms with E-state index in [9.17, 15) is 5.11 Å². The standard InChI is InChI=1S/C10H21NO/c1-8-5-9(2)11(6-8)7-10(3,4)12/h8-9,12H,5-7H2,1-4H3. The molecule has 0 aromatic carbocycles. The van der Waals surface area contributed by atoms with Crippen molar-refractivity contribution in [3.8, 4) is 0 Å². The molecule has 0 amide bonds. The van der Waals surface area contributed by atoms with Crippen LogP contribution >= 0.6 is 0 Å². The molecule has 0 spiro atoms. The van der Waals surface area contributed by atoms with Crippen molar-refractivity contribution in [3.05, 3.63) is 0 Å². The van der Waals surface area contributed by atoms with Gasteiger partial charge in [0.05, 0.1) is 5.60 Å². The van der Waals surface area contributed by atoms with Crippen LogP contribution in [0.25, 0.3) is 0 Å². The summed E-state index contributed by atoms with van der Waals surface area (Å²) in [4.78, 5) is 2.38. The van der Waals surface area contributed by atoms with Crippen LogP contribution in [0, 0.1) is 5.92 Å². The highest BCUT2D eigenvalue weighted by molar-refractivity contribution is 4.84. The van der Waals surface area contributed by atoms with Gasteiger partial charge in [-0.2, -0.15) is 0 Å². The first-order chi connectivity index (χ1) is 5.38. The number of hydrogen-bond donors (Lipinski definition) is 1. The lowest BCUT2D eigenvalue weighted by Gasteiger charge is -2.28. The van der Waals surface area contributed by atoms with Crippen molar-refractivity contribution in [3.63, 3.8) is 0 Å². The minimum Gasteiger partial charge on any atom is -0.389 e. The Hall–Kier alpha value is -0.0800. The molecule has 1 rings (SSSR count). The first-order valence-electron chi connectivity index (χ1n) is 4.85. The van der Waals surface area contributed by atoms with E-state index >= 15 is 0 Å². The van der Waals surface area contributed by atoms with E-state index in [1.54, 1.807) is 0 Å². The molecule has 1 aliphatic heterocycles. The largest absolute Gasteiger partial charge is 0.389 e. The molecule has 2 heteroatoms. The fourth-order valence-electron chi connectivity index (χ4n) is 2.10. The third-order valence-electron chi connectivity index (χ3n) is 2.50. The molecule has 0 aromatic rings. The summed E-state index contributed by atoms with van der Waals surface area (Å²) in [6.07, 6.45) is 1.27. The first-order valence-corrected chi connectivity index (χ1v) is 4.85. The Bertz CT molecular complexity index is 150. The van der Waals surface area contributed by atoms with Gasteiger partial charge in [0.15, 0.2) is 0 Å². The van der Waals surface area contributed by atoms with Crippen LogP contribution in [-0.2, 0) is 0 Å². The van der Waals surface area contributed by atoms with E-state index in [1.165, 1.54) is 6.42 Å². The van der Waals surface area contributed by atoms with Crippen molar-refractivity contribution in [1.29, 1.82) is 0 Å². The van der Waals surface area contributed by atoms with Gasteiger partial charge < -0.3 is 5.11 Å². The number of rotatable bonds is 2. The van der Waals surface area contributed by atoms with Crippen LogP contribution in [0.15, 0.2) is 0 Å². The topological polar surface area (TPSA) is 23.5 Å². The fraction of sp³-hybridized carbons (Fsp3) is 1.00. The van der Waals surface area contributed by atoms with Gasteiger partial charge in [-0.3, -0.25) is 4.90 Å². The monoisotopic (exact) mass is 171 g/mol. The van der Waals surface area contributed by atoms with E-state index in [0.717, 1.165) is 19.0 Å². The van der Waals surface area contributed by atoms with Gasteiger partial charge in [-0.1, -0.05) is 6.92 Å². The fourth-order valence-corrected chi connectivity index (χ4v) is 2.10. The SMILES string of the molecule is CC1CC(C)N(CC(C)(C)O)C1. The molecule has 2 unspecified atom stereocenters. The average Bonchev–Trinajstić information content (AvgIpc) is 2.06. The van der Waals surface area contributed by atoms with Gasteiger partial charge in [-0.15, -0.1) is 0 Å². The Morgan fingerprint density at radius 2 is 2.00 bits per heavy atom. The zero-order valence-electron chi connectivity index (χ0n) is 8.67. The van der Waals surface area contributed by atoms with E-state index in [1.807, 2.05) is 13.8 Å². The summed E-state index contributed by atoms with van der Waals surface area (Å²) in [6.45, 7) is 10.2. The number of aliphatic hydroxyl groups is 1. The van der Waals surface area contributed by atoms with Crippen LogP contribution in [0.3, 0.4) is 0 Å². The van der Waals surface area contributed by atoms with Crippen molar-refractivity contribution in [2.45, 2.75) is 45.8 Å². The van der Waals surface area contributed by atoms with Crippen molar-refractivity contribution in [1.82, 2.24) is 4.90 Å². The Balaban J connectivity index is 2.43. The van der Waals surface area contributed by atoms with E-state index in [-0.39, 0.29) is 0 Å². The molecule has 12 heavy (non-hydrogen) atoms.